The van der Waals surface area contributed by atoms with E-state index in [1.54, 1.807) is 0 Å². The molecule has 2 N–H and O–H groups in total. The molecule has 0 radical (unpaired) electrons. The Morgan fingerprint density at radius 3 is 2.94 bits per heavy atom. The van der Waals surface area contributed by atoms with E-state index in [4.69, 9.17) is 0 Å². The van der Waals surface area contributed by atoms with Crippen LogP contribution in [0.4, 0.5) is 0 Å². The van der Waals surface area contributed by atoms with E-state index in [1.807, 2.05) is 0 Å². The molecule has 0 amide bonds. The van der Waals surface area contributed by atoms with Crippen molar-refractivity contribution in [2.24, 2.45) is 5.92 Å². The lowest BCUT2D eigenvalue weighted by Gasteiger charge is -1.99. The van der Waals surface area contributed by atoms with Gasteiger partial charge in [0.05, 0.1) is 17.6 Å². The number of aromatic amines is 1. The molecule has 1 saturated carbocycles. The summed E-state index contributed by atoms with van der Waals surface area (Å²) in [5.74, 6) is 1.97. The van der Waals surface area contributed by atoms with Gasteiger partial charge in [0.25, 0.3) is 0 Å². The molecule has 3 heteroatoms. The van der Waals surface area contributed by atoms with E-state index >= 15 is 0 Å². The van der Waals surface area contributed by atoms with Crippen molar-refractivity contribution in [1.29, 1.82) is 0 Å². The van der Waals surface area contributed by atoms with E-state index in [0.717, 1.165) is 35.9 Å². The van der Waals surface area contributed by atoms with Crippen molar-refractivity contribution in [3.63, 3.8) is 0 Å². The summed E-state index contributed by atoms with van der Waals surface area (Å²) in [6.45, 7) is 6.23. The molecule has 0 spiro atoms. The number of aromatic nitrogens is 2. The molecule has 0 saturated heterocycles. The number of hydrogen-bond acceptors (Lipinski definition) is 2. The van der Waals surface area contributed by atoms with Crippen LogP contribution in [0.2, 0.25) is 0 Å². The van der Waals surface area contributed by atoms with E-state index in [9.17, 15) is 0 Å². The summed E-state index contributed by atoms with van der Waals surface area (Å²) in [6, 6.07) is 4.35. The molecule has 0 atom stereocenters. The van der Waals surface area contributed by atoms with Gasteiger partial charge in [-0.2, -0.15) is 0 Å². The number of nitrogens with one attached hydrogen (secondary N) is 2. The lowest BCUT2D eigenvalue weighted by Crippen LogP contribution is -2.16. The van der Waals surface area contributed by atoms with Crippen LogP contribution in [-0.2, 0) is 6.54 Å². The molecule has 1 heterocycles. The molecule has 1 aromatic heterocycles. The smallest absolute Gasteiger partial charge is 0.121 e. The highest BCUT2D eigenvalue weighted by Gasteiger charge is 2.20. The highest BCUT2D eigenvalue weighted by Crippen LogP contribution is 2.27. The highest BCUT2D eigenvalue weighted by molar-refractivity contribution is 5.79. The van der Waals surface area contributed by atoms with Crippen molar-refractivity contribution >= 4 is 11.0 Å². The molecular weight excluding hydrogens is 210 g/mol. The van der Waals surface area contributed by atoms with Gasteiger partial charge < -0.3 is 10.3 Å². The Labute approximate surface area is 102 Å². The maximum absolute atomic E-state index is 4.65. The quantitative estimate of drug-likeness (QED) is 0.846. The van der Waals surface area contributed by atoms with Gasteiger partial charge in [-0.3, -0.25) is 0 Å². The van der Waals surface area contributed by atoms with Gasteiger partial charge >= 0.3 is 0 Å². The monoisotopic (exact) mass is 229 g/mol. The number of rotatable bonds is 4. The van der Waals surface area contributed by atoms with Crippen molar-refractivity contribution < 1.29 is 0 Å². The molecule has 1 fully saturated rings. The normalized spacial score (nSPS) is 15.6. The summed E-state index contributed by atoms with van der Waals surface area (Å²) in [7, 11) is 0. The molecule has 17 heavy (non-hydrogen) atoms. The number of H-pyrrole nitrogens is 1. The third-order valence-corrected chi connectivity index (χ3v) is 3.39. The van der Waals surface area contributed by atoms with Crippen molar-refractivity contribution in [3.8, 4) is 0 Å². The second-order valence-electron chi connectivity index (χ2n) is 5.24. The predicted molar refractivity (Wildman–Crippen MR) is 70.0 cm³/mol. The second kappa shape index (κ2) is 4.15. The maximum Gasteiger partial charge on any atom is 0.121 e. The van der Waals surface area contributed by atoms with Gasteiger partial charge in [0, 0.05) is 0 Å². The van der Waals surface area contributed by atoms with Crippen LogP contribution in [0, 0.1) is 19.8 Å². The van der Waals surface area contributed by atoms with Gasteiger partial charge in [-0.1, -0.05) is 6.07 Å². The fraction of sp³-hybridized carbons (Fsp3) is 0.500. The topological polar surface area (TPSA) is 40.7 Å². The Morgan fingerprint density at radius 2 is 2.18 bits per heavy atom. The van der Waals surface area contributed by atoms with E-state index in [2.05, 4.69) is 41.3 Å². The summed E-state index contributed by atoms with van der Waals surface area (Å²) >= 11 is 0. The van der Waals surface area contributed by atoms with Crippen LogP contribution in [0.15, 0.2) is 12.1 Å². The van der Waals surface area contributed by atoms with Crippen LogP contribution in [0.3, 0.4) is 0 Å². The molecule has 2 aromatic rings. The second-order valence-corrected chi connectivity index (χ2v) is 5.24. The maximum atomic E-state index is 4.65. The molecule has 90 valence electrons. The van der Waals surface area contributed by atoms with Crippen LogP contribution in [0.25, 0.3) is 11.0 Å². The fourth-order valence-corrected chi connectivity index (χ4v) is 2.32. The minimum atomic E-state index is 0.851. The van der Waals surface area contributed by atoms with E-state index in [-0.39, 0.29) is 0 Å². The van der Waals surface area contributed by atoms with E-state index < -0.39 is 0 Å². The molecule has 0 bridgehead atoms. The first-order chi connectivity index (χ1) is 8.22. The highest BCUT2D eigenvalue weighted by atomic mass is 15.0. The average molecular weight is 229 g/mol. The number of benzene rings is 1. The zero-order valence-electron chi connectivity index (χ0n) is 10.5. The Kier molecular flexibility index (Phi) is 2.63. The zero-order chi connectivity index (χ0) is 11.8. The minimum Gasteiger partial charge on any atom is -0.341 e. The Hall–Kier alpha value is -1.35. The molecule has 3 nitrogen and oxygen atoms in total. The third kappa shape index (κ3) is 2.34. The largest absolute Gasteiger partial charge is 0.341 e. The number of imidazole rings is 1. The summed E-state index contributed by atoms with van der Waals surface area (Å²) in [4.78, 5) is 8.05. The van der Waals surface area contributed by atoms with E-state index in [1.165, 1.54) is 24.0 Å². The molecule has 3 rings (SSSR count). The molecular formula is C14H19N3. The minimum absolute atomic E-state index is 0.851. The van der Waals surface area contributed by atoms with Gasteiger partial charge in [0.15, 0.2) is 0 Å². The van der Waals surface area contributed by atoms with Crippen LogP contribution in [-0.4, -0.2) is 16.5 Å². The van der Waals surface area contributed by atoms with Crippen LogP contribution < -0.4 is 5.32 Å². The Bertz CT molecular complexity index is 538. The van der Waals surface area contributed by atoms with Gasteiger partial charge in [-0.25, -0.2) is 4.98 Å². The molecule has 0 unspecified atom stereocenters. The predicted octanol–water partition coefficient (Wildman–Crippen LogP) is 2.68. The van der Waals surface area contributed by atoms with Gasteiger partial charge in [0.2, 0.25) is 0 Å². The first-order valence-electron chi connectivity index (χ1n) is 6.39. The molecule has 1 aliphatic carbocycles. The van der Waals surface area contributed by atoms with Crippen molar-refractivity contribution in [3.05, 3.63) is 29.1 Å². The van der Waals surface area contributed by atoms with Crippen molar-refractivity contribution in [2.75, 3.05) is 6.54 Å². The van der Waals surface area contributed by atoms with Crippen molar-refractivity contribution in [1.82, 2.24) is 15.3 Å². The van der Waals surface area contributed by atoms with Gasteiger partial charge in [-0.15, -0.1) is 0 Å². The van der Waals surface area contributed by atoms with Crippen LogP contribution in [0.1, 0.15) is 29.8 Å². The first kappa shape index (κ1) is 10.8. The lowest BCUT2D eigenvalue weighted by molar-refractivity contribution is 0.624. The third-order valence-electron chi connectivity index (χ3n) is 3.39. The Morgan fingerprint density at radius 1 is 1.35 bits per heavy atom. The average Bonchev–Trinajstić information content (AvgIpc) is 2.98. The lowest BCUT2D eigenvalue weighted by atomic mass is 10.1. The van der Waals surface area contributed by atoms with Crippen LogP contribution >= 0.6 is 0 Å². The van der Waals surface area contributed by atoms with Crippen molar-refractivity contribution in [2.45, 2.75) is 33.2 Å². The number of fused-ring (bicyclic) bond motifs is 1. The number of nitrogens with zero attached hydrogens (tertiary/aromatic N) is 1. The summed E-state index contributed by atoms with van der Waals surface area (Å²) in [6.07, 6.45) is 2.79. The molecule has 1 aliphatic rings. The Balaban J connectivity index is 1.77. The SMILES string of the molecule is Cc1cc(C)c2nc(CNCC3CC3)[nH]c2c1. The number of hydrogen-bond donors (Lipinski definition) is 2. The standard InChI is InChI=1S/C14H19N3/c1-9-5-10(2)14-12(6-9)16-13(17-14)8-15-7-11-3-4-11/h5-6,11,15H,3-4,7-8H2,1-2H3,(H,16,17). The first-order valence-corrected chi connectivity index (χ1v) is 6.39. The van der Waals surface area contributed by atoms with Crippen LogP contribution in [0.5, 0.6) is 0 Å². The number of aryl methyl sites for hydroxylation is 2. The fourth-order valence-electron chi connectivity index (χ4n) is 2.32. The van der Waals surface area contributed by atoms with Gasteiger partial charge in [0.1, 0.15) is 5.82 Å². The van der Waals surface area contributed by atoms with E-state index in [0.29, 0.717) is 0 Å². The zero-order valence-corrected chi connectivity index (χ0v) is 10.5. The molecule has 0 aliphatic heterocycles. The summed E-state index contributed by atoms with van der Waals surface area (Å²) in [5, 5.41) is 3.46. The molecule has 1 aromatic carbocycles. The van der Waals surface area contributed by atoms with Gasteiger partial charge in [-0.05, 0) is 56.3 Å². The summed E-state index contributed by atoms with van der Waals surface area (Å²) < 4.78 is 0. The summed E-state index contributed by atoms with van der Waals surface area (Å²) in [5.41, 5.74) is 4.81.